The normalized spacial score (nSPS) is 30.1. The standard InChI is InChI=1S/C24H34N2O4/c1-14(2)21(25-22(27)18-8-19(29-3)10-20(9-18)30-4)23(28)26-24-11-15-5-16(12-24)7-17(6-15)13-24/h8-10,14-17,21H,5-7,11-13H2,1-4H3,(H,25,27)(H,26,28)/t15?,16?,17?,21-,24?/m0/s1. The Labute approximate surface area is 179 Å². The fourth-order valence-electron chi connectivity index (χ4n) is 6.30. The zero-order chi connectivity index (χ0) is 21.5. The first-order valence-electron chi connectivity index (χ1n) is 11.2. The van der Waals surface area contributed by atoms with Gasteiger partial charge < -0.3 is 20.1 Å². The quantitative estimate of drug-likeness (QED) is 0.715. The number of nitrogens with one attached hydrogen (secondary N) is 2. The molecule has 2 amide bonds. The van der Waals surface area contributed by atoms with Crippen molar-refractivity contribution in [3.8, 4) is 11.5 Å². The lowest BCUT2D eigenvalue weighted by molar-refractivity contribution is -0.129. The molecule has 5 rings (SSSR count). The summed E-state index contributed by atoms with van der Waals surface area (Å²) in [7, 11) is 3.10. The van der Waals surface area contributed by atoms with Crippen LogP contribution in [0.3, 0.4) is 0 Å². The van der Waals surface area contributed by atoms with Gasteiger partial charge in [0.15, 0.2) is 0 Å². The van der Waals surface area contributed by atoms with E-state index < -0.39 is 6.04 Å². The van der Waals surface area contributed by atoms with Gasteiger partial charge in [-0.05, 0) is 74.3 Å². The molecule has 30 heavy (non-hydrogen) atoms. The van der Waals surface area contributed by atoms with Gasteiger partial charge in [0.25, 0.3) is 5.91 Å². The van der Waals surface area contributed by atoms with Crippen LogP contribution in [-0.2, 0) is 4.79 Å². The molecule has 6 heteroatoms. The number of ether oxygens (including phenoxy) is 2. The molecule has 0 unspecified atom stereocenters. The summed E-state index contributed by atoms with van der Waals surface area (Å²) in [5, 5.41) is 6.36. The number of carbonyl (C=O) groups excluding carboxylic acids is 2. The van der Waals surface area contributed by atoms with Gasteiger partial charge in [-0.1, -0.05) is 13.8 Å². The maximum absolute atomic E-state index is 13.3. The molecule has 164 valence electrons. The van der Waals surface area contributed by atoms with Crippen molar-refractivity contribution < 1.29 is 19.1 Å². The SMILES string of the molecule is COc1cc(OC)cc(C(=O)N[C@H](C(=O)NC23CC4CC(CC(C4)C2)C3)C(C)C)c1. The molecule has 0 aromatic heterocycles. The second-order valence-corrected chi connectivity index (χ2v) is 9.98. The van der Waals surface area contributed by atoms with Crippen molar-refractivity contribution in [2.75, 3.05) is 14.2 Å². The van der Waals surface area contributed by atoms with Crippen LogP contribution in [0.25, 0.3) is 0 Å². The predicted octanol–water partition coefficient (Wildman–Crippen LogP) is 3.54. The summed E-state index contributed by atoms with van der Waals surface area (Å²) in [6.45, 7) is 3.94. The molecule has 1 atom stereocenters. The van der Waals surface area contributed by atoms with E-state index in [-0.39, 0.29) is 23.3 Å². The Balaban J connectivity index is 1.47. The van der Waals surface area contributed by atoms with Crippen LogP contribution >= 0.6 is 0 Å². The van der Waals surface area contributed by atoms with Gasteiger partial charge in [-0.2, -0.15) is 0 Å². The van der Waals surface area contributed by atoms with Gasteiger partial charge in [0.2, 0.25) is 5.91 Å². The first-order valence-corrected chi connectivity index (χ1v) is 11.2. The first-order chi connectivity index (χ1) is 14.3. The second-order valence-electron chi connectivity index (χ2n) is 9.98. The highest BCUT2D eigenvalue weighted by molar-refractivity contribution is 5.98. The minimum Gasteiger partial charge on any atom is -0.497 e. The Morgan fingerprint density at radius 3 is 1.87 bits per heavy atom. The average Bonchev–Trinajstić information content (AvgIpc) is 2.69. The van der Waals surface area contributed by atoms with Gasteiger partial charge in [-0.25, -0.2) is 0 Å². The summed E-state index contributed by atoms with van der Waals surface area (Å²) in [4.78, 5) is 26.3. The van der Waals surface area contributed by atoms with Gasteiger partial charge >= 0.3 is 0 Å². The predicted molar refractivity (Wildman–Crippen MR) is 115 cm³/mol. The summed E-state index contributed by atoms with van der Waals surface area (Å²) in [6.07, 6.45) is 7.27. The Morgan fingerprint density at radius 1 is 0.933 bits per heavy atom. The molecule has 1 aromatic rings. The molecule has 4 saturated carbocycles. The molecule has 4 aliphatic carbocycles. The van der Waals surface area contributed by atoms with Gasteiger partial charge in [-0.15, -0.1) is 0 Å². The zero-order valence-corrected chi connectivity index (χ0v) is 18.5. The van der Waals surface area contributed by atoms with E-state index in [1.54, 1.807) is 32.4 Å². The third-order valence-corrected chi connectivity index (χ3v) is 7.28. The summed E-state index contributed by atoms with van der Waals surface area (Å²) in [5.41, 5.74) is 0.350. The van der Waals surface area contributed by atoms with E-state index in [1.807, 2.05) is 13.8 Å². The van der Waals surface area contributed by atoms with E-state index >= 15 is 0 Å². The zero-order valence-electron chi connectivity index (χ0n) is 18.5. The molecule has 0 aliphatic heterocycles. The topological polar surface area (TPSA) is 76.7 Å². The third-order valence-electron chi connectivity index (χ3n) is 7.28. The van der Waals surface area contributed by atoms with E-state index in [0.29, 0.717) is 17.1 Å². The van der Waals surface area contributed by atoms with E-state index in [2.05, 4.69) is 10.6 Å². The van der Waals surface area contributed by atoms with Gasteiger partial charge in [-0.3, -0.25) is 9.59 Å². The van der Waals surface area contributed by atoms with Crippen LogP contribution in [0.4, 0.5) is 0 Å². The Morgan fingerprint density at radius 2 is 1.43 bits per heavy atom. The Kier molecular flexibility index (Phi) is 5.69. The van der Waals surface area contributed by atoms with Crippen molar-refractivity contribution in [1.82, 2.24) is 10.6 Å². The van der Waals surface area contributed by atoms with Crippen LogP contribution in [0.5, 0.6) is 11.5 Å². The first kappa shape index (κ1) is 21.0. The molecule has 4 fully saturated rings. The number of hydrogen-bond donors (Lipinski definition) is 2. The van der Waals surface area contributed by atoms with Crippen LogP contribution in [0.1, 0.15) is 62.7 Å². The summed E-state index contributed by atoms with van der Waals surface area (Å²) < 4.78 is 10.5. The highest BCUT2D eigenvalue weighted by atomic mass is 16.5. The monoisotopic (exact) mass is 414 g/mol. The van der Waals surface area contributed by atoms with E-state index in [9.17, 15) is 9.59 Å². The molecular formula is C24H34N2O4. The minimum atomic E-state index is -0.581. The van der Waals surface area contributed by atoms with Crippen LogP contribution in [0.2, 0.25) is 0 Å². The summed E-state index contributed by atoms with van der Waals surface area (Å²) in [6, 6.07) is 4.46. The van der Waals surface area contributed by atoms with Crippen molar-refractivity contribution in [2.24, 2.45) is 23.7 Å². The van der Waals surface area contributed by atoms with Crippen LogP contribution < -0.4 is 20.1 Å². The molecular weight excluding hydrogens is 380 g/mol. The minimum absolute atomic E-state index is 0.0182. The van der Waals surface area contributed by atoms with E-state index in [4.69, 9.17) is 9.47 Å². The van der Waals surface area contributed by atoms with Crippen molar-refractivity contribution in [3.05, 3.63) is 23.8 Å². The number of hydrogen-bond acceptors (Lipinski definition) is 4. The van der Waals surface area contributed by atoms with Gasteiger partial charge in [0, 0.05) is 17.2 Å². The lowest BCUT2D eigenvalue weighted by atomic mass is 9.53. The molecule has 0 heterocycles. The van der Waals surface area contributed by atoms with Crippen molar-refractivity contribution in [2.45, 2.75) is 64.0 Å². The van der Waals surface area contributed by atoms with E-state index in [1.165, 1.54) is 19.3 Å². The van der Waals surface area contributed by atoms with Gasteiger partial charge in [0.05, 0.1) is 14.2 Å². The largest absolute Gasteiger partial charge is 0.497 e. The highest BCUT2D eigenvalue weighted by Gasteiger charge is 2.52. The molecule has 0 spiro atoms. The summed E-state index contributed by atoms with van der Waals surface area (Å²) in [5.74, 6) is 2.97. The number of carbonyl (C=O) groups is 2. The second kappa shape index (κ2) is 8.12. The molecule has 4 aliphatic rings. The smallest absolute Gasteiger partial charge is 0.252 e. The Bertz CT molecular complexity index is 762. The number of methoxy groups -OCH3 is 2. The number of benzene rings is 1. The van der Waals surface area contributed by atoms with Crippen LogP contribution in [0, 0.1) is 23.7 Å². The molecule has 0 saturated heterocycles. The number of rotatable bonds is 7. The maximum atomic E-state index is 13.3. The maximum Gasteiger partial charge on any atom is 0.252 e. The molecule has 0 radical (unpaired) electrons. The van der Waals surface area contributed by atoms with Crippen molar-refractivity contribution in [1.29, 1.82) is 0 Å². The average molecular weight is 415 g/mol. The van der Waals surface area contributed by atoms with Crippen molar-refractivity contribution in [3.63, 3.8) is 0 Å². The van der Waals surface area contributed by atoms with Crippen LogP contribution in [0.15, 0.2) is 18.2 Å². The molecule has 4 bridgehead atoms. The van der Waals surface area contributed by atoms with E-state index in [0.717, 1.165) is 37.0 Å². The lowest BCUT2D eigenvalue weighted by Crippen LogP contribution is -2.63. The lowest BCUT2D eigenvalue weighted by Gasteiger charge is -2.57. The highest BCUT2D eigenvalue weighted by Crippen LogP contribution is 2.55. The number of amides is 2. The molecule has 6 nitrogen and oxygen atoms in total. The fraction of sp³-hybridized carbons (Fsp3) is 0.667. The van der Waals surface area contributed by atoms with Crippen LogP contribution in [-0.4, -0.2) is 37.6 Å². The molecule has 1 aromatic carbocycles. The van der Waals surface area contributed by atoms with Gasteiger partial charge in [0.1, 0.15) is 17.5 Å². The molecule has 2 N–H and O–H groups in total. The fourth-order valence-corrected chi connectivity index (χ4v) is 6.30. The summed E-state index contributed by atoms with van der Waals surface area (Å²) >= 11 is 0. The van der Waals surface area contributed by atoms with Crippen molar-refractivity contribution >= 4 is 11.8 Å². The Hall–Kier alpha value is -2.24. The third kappa shape index (κ3) is 4.14.